The summed E-state index contributed by atoms with van der Waals surface area (Å²) in [5, 5.41) is 3.36. The molecule has 1 aliphatic rings. The van der Waals surface area contributed by atoms with E-state index in [-0.39, 0.29) is 0 Å². The van der Waals surface area contributed by atoms with Crippen molar-refractivity contribution in [3.8, 4) is 0 Å². The topological polar surface area (TPSA) is 24.5 Å². The second kappa shape index (κ2) is 4.70. The maximum absolute atomic E-state index is 5.03. The standard InChI is InChI=1S/C8H18N2O/c1-8-7-9-3-4-10(8)5-6-11-2/h8-9H,3-7H2,1-2H3/t8-/m0/s1. The summed E-state index contributed by atoms with van der Waals surface area (Å²) in [6.07, 6.45) is 0. The van der Waals surface area contributed by atoms with Crippen LogP contribution < -0.4 is 5.32 Å². The lowest BCUT2D eigenvalue weighted by Crippen LogP contribution is -2.50. The van der Waals surface area contributed by atoms with Gasteiger partial charge in [0.15, 0.2) is 0 Å². The average molecular weight is 158 g/mol. The Balaban J connectivity index is 2.18. The number of hydrogen-bond acceptors (Lipinski definition) is 3. The van der Waals surface area contributed by atoms with E-state index in [0.29, 0.717) is 6.04 Å². The fourth-order valence-corrected chi connectivity index (χ4v) is 1.42. The normalized spacial score (nSPS) is 27.3. The minimum Gasteiger partial charge on any atom is -0.383 e. The molecule has 1 heterocycles. The van der Waals surface area contributed by atoms with E-state index in [0.717, 1.165) is 32.8 Å². The molecule has 11 heavy (non-hydrogen) atoms. The molecule has 1 aliphatic heterocycles. The molecule has 0 unspecified atom stereocenters. The third-order valence-corrected chi connectivity index (χ3v) is 2.22. The smallest absolute Gasteiger partial charge is 0.0589 e. The molecule has 0 aliphatic carbocycles. The fraction of sp³-hybridized carbons (Fsp3) is 1.00. The van der Waals surface area contributed by atoms with E-state index in [1.807, 2.05) is 0 Å². The van der Waals surface area contributed by atoms with Gasteiger partial charge in [-0.15, -0.1) is 0 Å². The van der Waals surface area contributed by atoms with E-state index < -0.39 is 0 Å². The second-order valence-electron chi connectivity index (χ2n) is 3.08. The van der Waals surface area contributed by atoms with Crippen molar-refractivity contribution in [2.45, 2.75) is 13.0 Å². The van der Waals surface area contributed by atoms with Gasteiger partial charge >= 0.3 is 0 Å². The van der Waals surface area contributed by atoms with Gasteiger partial charge in [-0.3, -0.25) is 4.90 Å². The van der Waals surface area contributed by atoms with Crippen LogP contribution in [0.3, 0.4) is 0 Å². The van der Waals surface area contributed by atoms with Gasteiger partial charge in [0.2, 0.25) is 0 Å². The molecule has 0 amide bonds. The van der Waals surface area contributed by atoms with E-state index in [1.54, 1.807) is 7.11 Å². The quantitative estimate of drug-likeness (QED) is 0.622. The maximum atomic E-state index is 5.03. The summed E-state index contributed by atoms with van der Waals surface area (Å²) in [6, 6.07) is 0.666. The first-order valence-corrected chi connectivity index (χ1v) is 4.28. The van der Waals surface area contributed by atoms with Crippen LogP contribution in [0.4, 0.5) is 0 Å². The molecule has 1 saturated heterocycles. The van der Waals surface area contributed by atoms with Gasteiger partial charge in [-0.25, -0.2) is 0 Å². The molecule has 1 rings (SSSR count). The summed E-state index contributed by atoms with van der Waals surface area (Å²) in [4.78, 5) is 2.46. The lowest BCUT2D eigenvalue weighted by molar-refractivity contribution is 0.110. The molecule has 1 atom stereocenters. The Labute approximate surface area is 68.7 Å². The summed E-state index contributed by atoms with van der Waals surface area (Å²) >= 11 is 0. The van der Waals surface area contributed by atoms with Crippen LogP contribution in [0.1, 0.15) is 6.92 Å². The van der Waals surface area contributed by atoms with Crippen LogP contribution in [0.25, 0.3) is 0 Å². The Bertz CT molecular complexity index is 108. The largest absolute Gasteiger partial charge is 0.383 e. The maximum Gasteiger partial charge on any atom is 0.0589 e. The van der Waals surface area contributed by atoms with Crippen molar-refractivity contribution in [2.24, 2.45) is 0 Å². The Morgan fingerprint density at radius 1 is 1.64 bits per heavy atom. The molecule has 1 N–H and O–H groups in total. The molecule has 0 spiro atoms. The Morgan fingerprint density at radius 3 is 3.09 bits per heavy atom. The first-order valence-electron chi connectivity index (χ1n) is 4.28. The number of methoxy groups -OCH3 is 1. The van der Waals surface area contributed by atoms with Crippen LogP contribution in [0.15, 0.2) is 0 Å². The molecule has 3 heteroatoms. The van der Waals surface area contributed by atoms with Crippen LogP contribution in [-0.2, 0) is 4.74 Å². The number of ether oxygens (including phenoxy) is 1. The van der Waals surface area contributed by atoms with Gasteiger partial charge in [0.05, 0.1) is 6.61 Å². The molecular formula is C8H18N2O. The molecule has 66 valence electrons. The van der Waals surface area contributed by atoms with Gasteiger partial charge in [-0.1, -0.05) is 0 Å². The SMILES string of the molecule is COCCN1CCNC[C@@H]1C. The molecule has 1 fully saturated rings. The van der Waals surface area contributed by atoms with Crippen molar-refractivity contribution >= 4 is 0 Å². The minimum absolute atomic E-state index is 0.666. The predicted molar refractivity (Wildman–Crippen MR) is 45.8 cm³/mol. The first-order chi connectivity index (χ1) is 5.34. The summed E-state index contributed by atoms with van der Waals surface area (Å²) in [5.74, 6) is 0. The number of nitrogens with one attached hydrogen (secondary N) is 1. The van der Waals surface area contributed by atoms with Crippen LogP contribution in [0, 0.1) is 0 Å². The highest BCUT2D eigenvalue weighted by Crippen LogP contribution is 2.00. The lowest BCUT2D eigenvalue weighted by atomic mass is 10.2. The van der Waals surface area contributed by atoms with Gasteiger partial charge in [0.1, 0.15) is 0 Å². The molecule has 0 radical (unpaired) electrons. The fourth-order valence-electron chi connectivity index (χ4n) is 1.42. The third-order valence-electron chi connectivity index (χ3n) is 2.22. The Hall–Kier alpha value is -0.120. The van der Waals surface area contributed by atoms with Gasteiger partial charge in [-0.2, -0.15) is 0 Å². The van der Waals surface area contributed by atoms with E-state index in [2.05, 4.69) is 17.1 Å². The molecule has 0 saturated carbocycles. The highest BCUT2D eigenvalue weighted by molar-refractivity contribution is 4.75. The molecule has 0 aromatic heterocycles. The summed E-state index contributed by atoms with van der Waals surface area (Å²) in [7, 11) is 1.76. The van der Waals surface area contributed by atoms with Crippen molar-refractivity contribution in [3.05, 3.63) is 0 Å². The van der Waals surface area contributed by atoms with Crippen molar-refractivity contribution in [3.63, 3.8) is 0 Å². The highest BCUT2D eigenvalue weighted by Gasteiger charge is 2.16. The predicted octanol–water partition coefficient (Wildman–Crippen LogP) is -0.0735. The summed E-state index contributed by atoms with van der Waals surface area (Å²) < 4.78 is 5.03. The number of hydrogen-bond donors (Lipinski definition) is 1. The van der Waals surface area contributed by atoms with Gasteiger partial charge < -0.3 is 10.1 Å². The van der Waals surface area contributed by atoms with Crippen molar-refractivity contribution in [1.29, 1.82) is 0 Å². The first kappa shape index (κ1) is 8.97. The van der Waals surface area contributed by atoms with Crippen molar-refractivity contribution in [2.75, 3.05) is 39.9 Å². The monoisotopic (exact) mass is 158 g/mol. The molecule has 0 bridgehead atoms. The van der Waals surface area contributed by atoms with Gasteiger partial charge in [-0.05, 0) is 6.92 Å². The van der Waals surface area contributed by atoms with Gasteiger partial charge in [0.25, 0.3) is 0 Å². The van der Waals surface area contributed by atoms with Crippen LogP contribution >= 0.6 is 0 Å². The van der Waals surface area contributed by atoms with Crippen molar-refractivity contribution < 1.29 is 4.74 Å². The number of piperazine rings is 1. The second-order valence-corrected chi connectivity index (χ2v) is 3.08. The average Bonchev–Trinajstić information content (AvgIpc) is 2.03. The summed E-state index contributed by atoms with van der Waals surface area (Å²) in [5.41, 5.74) is 0. The molecule has 0 aromatic carbocycles. The summed E-state index contributed by atoms with van der Waals surface area (Å²) in [6.45, 7) is 7.56. The van der Waals surface area contributed by atoms with Crippen LogP contribution in [-0.4, -0.2) is 50.8 Å². The van der Waals surface area contributed by atoms with Gasteiger partial charge in [0, 0.05) is 39.3 Å². The minimum atomic E-state index is 0.666. The van der Waals surface area contributed by atoms with E-state index >= 15 is 0 Å². The Morgan fingerprint density at radius 2 is 2.45 bits per heavy atom. The van der Waals surface area contributed by atoms with Crippen LogP contribution in [0.2, 0.25) is 0 Å². The molecule has 3 nitrogen and oxygen atoms in total. The zero-order valence-electron chi connectivity index (χ0n) is 7.47. The van der Waals surface area contributed by atoms with E-state index in [9.17, 15) is 0 Å². The Kier molecular flexibility index (Phi) is 3.83. The number of nitrogens with zero attached hydrogens (tertiary/aromatic N) is 1. The zero-order chi connectivity index (χ0) is 8.10. The highest BCUT2D eigenvalue weighted by atomic mass is 16.5. The van der Waals surface area contributed by atoms with E-state index in [4.69, 9.17) is 4.74 Å². The third kappa shape index (κ3) is 2.77. The lowest BCUT2D eigenvalue weighted by Gasteiger charge is -2.33. The number of rotatable bonds is 3. The molecule has 0 aromatic rings. The van der Waals surface area contributed by atoms with Crippen LogP contribution in [0.5, 0.6) is 0 Å². The van der Waals surface area contributed by atoms with Crippen molar-refractivity contribution in [1.82, 2.24) is 10.2 Å². The van der Waals surface area contributed by atoms with E-state index in [1.165, 1.54) is 0 Å². The molecular weight excluding hydrogens is 140 g/mol. The zero-order valence-corrected chi connectivity index (χ0v) is 7.47.